The number of ether oxygens (including phenoxy) is 1. The third-order valence-electron chi connectivity index (χ3n) is 3.94. The van der Waals surface area contributed by atoms with Gasteiger partial charge < -0.3 is 15.2 Å². The van der Waals surface area contributed by atoms with E-state index in [-0.39, 0.29) is 6.10 Å². The van der Waals surface area contributed by atoms with E-state index in [2.05, 4.69) is 5.32 Å². The van der Waals surface area contributed by atoms with Crippen LogP contribution in [0.5, 0.6) is 0 Å². The molecule has 94 valence electrons. The molecule has 2 rings (SSSR count). The topological polar surface area (TPSA) is 41.5 Å². The number of rotatable bonds is 5. The lowest BCUT2D eigenvalue weighted by atomic mass is 10.0. The summed E-state index contributed by atoms with van der Waals surface area (Å²) in [5, 5.41) is 13.7. The quantitative estimate of drug-likeness (QED) is 0.702. The minimum atomic E-state index is -0.152. The maximum absolute atomic E-state index is 10.1. The first-order valence-corrected chi connectivity index (χ1v) is 6.74. The van der Waals surface area contributed by atoms with Crippen molar-refractivity contribution in [3.05, 3.63) is 0 Å². The third kappa shape index (κ3) is 3.44. The van der Waals surface area contributed by atoms with Gasteiger partial charge in [0.05, 0.1) is 12.7 Å². The second kappa shape index (κ2) is 5.99. The van der Waals surface area contributed by atoms with Crippen molar-refractivity contribution >= 4 is 0 Å². The summed E-state index contributed by atoms with van der Waals surface area (Å²) < 4.78 is 5.27. The zero-order valence-corrected chi connectivity index (χ0v) is 10.3. The van der Waals surface area contributed by atoms with E-state index >= 15 is 0 Å². The second-order valence-electron chi connectivity index (χ2n) is 5.38. The van der Waals surface area contributed by atoms with Crippen LogP contribution in [0, 0.1) is 5.92 Å². The molecular weight excluding hydrogens is 202 g/mol. The summed E-state index contributed by atoms with van der Waals surface area (Å²) in [6.45, 7) is 0.786. The Kier molecular flexibility index (Phi) is 4.62. The van der Waals surface area contributed by atoms with E-state index in [4.69, 9.17) is 4.74 Å². The summed E-state index contributed by atoms with van der Waals surface area (Å²) in [5.41, 5.74) is 0. The first-order valence-electron chi connectivity index (χ1n) is 6.74. The van der Waals surface area contributed by atoms with Crippen LogP contribution in [-0.2, 0) is 4.74 Å². The fourth-order valence-electron chi connectivity index (χ4n) is 2.76. The molecule has 0 bridgehead atoms. The van der Waals surface area contributed by atoms with E-state index < -0.39 is 0 Å². The predicted molar refractivity (Wildman–Crippen MR) is 64.4 cm³/mol. The zero-order valence-electron chi connectivity index (χ0n) is 10.3. The maximum atomic E-state index is 10.1. The molecule has 2 N–H and O–H groups in total. The molecule has 0 aromatic heterocycles. The lowest BCUT2D eigenvalue weighted by Gasteiger charge is -2.27. The summed E-state index contributed by atoms with van der Waals surface area (Å²) in [4.78, 5) is 0. The molecular formula is C13H25NO2. The predicted octanol–water partition coefficient (Wildman–Crippen LogP) is 1.69. The summed E-state index contributed by atoms with van der Waals surface area (Å²) >= 11 is 0. The molecule has 0 spiro atoms. The van der Waals surface area contributed by atoms with Crippen molar-refractivity contribution in [2.75, 3.05) is 13.7 Å². The molecule has 2 aliphatic carbocycles. The van der Waals surface area contributed by atoms with Gasteiger partial charge in [0.25, 0.3) is 0 Å². The lowest BCUT2D eigenvalue weighted by molar-refractivity contribution is 0.0921. The van der Waals surface area contributed by atoms with Gasteiger partial charge in [-0.25, -0.2) is 0 Å². The van der Waals surface area contributed by atoms with Crippen molar-refractivity contribution < 1.29 is 9.84 Å². The van der Waals surface area contributed by atoms with Crippen LogP contribution in [0.3, 0.4) is 0 Å². The molecule has 0 aromatic carbocycles. The minimum Gasteiger partial charge on any atom is -0.392 e. The summed E-state index contributed by atoms with van der Waals surface area (Å²) in [5.74, 6) is 0.787. The van der Waals surface area contributed by atoms with Gasteiger partial charge in [0, 0.05) is 19.2 Å². The summed E-state index contributed by atoms with van der Waals surface area (Å²) in [7, 11) is 1.76. The molecule has 0 radical (unpaired) electrons. The van der Waals surface area contributed by atoms with Gasteiger partial charge in [-0.3, -0.25) is 0 Å². The lowest BCUT2D eigenvalue weighted by Crippen LogP contribution is -2.47. The van der Waals surface area contributed by atoms with Crippen molar-refractivity contribution in [1.29, 1.82) is 0 Å². The van der Waals surface area contributed by atoms with E-state index in [0.717, 1.165) is 25.4 Å². The fraction of sp³-hybridized carbons (Fsp3) is 1.00. The third-order valence-corrected chi connectivity index (χ3v) is 3.94. The van der Waals surface area contributed by atoms with E-state index in [0.29, 0.717) is 12.1 Å². The van der Waals surface area contributed by atoms with Crippen molar-refractivity contribution in [2.45, 2.75) is 63.1 Å². The number of nitrogens with one attached hydrogen (secondary N) is 1. The largest absolute Gasteiger partial charge is 0.392 e. The highest BCUT2D eigenvalue weighted by atomic mass is 16.5. The molecule has 0 amide bonds. The Bertz CT molecular complexity index is 206. The molecule has 3 nitrogen and oxygen atoms in total. The number of hydrogen-bond donors (Lipinski definition) is 2. The van der Waals surface area contributed by atoms with Gasteiger partial charge >= 0.3 is 0 Å². The fourth-order valence-corrected chi connectivity index (χ4v) is 2.76. The van der Waals surface area contributed by atoms with E-state index in [1.54, 1.807) is 7.11 Å². The number of hydrogen-bond acceptors (Lipinski definition) is 3. The Labute approximate surface area is 98.6 Å². The minimum absolute atomic E-state index is 0.152. The highest BCUT2D eigenvalue weighted by molar-refractivity contribution is 4.90. The number of aliphatic hydroxyl groups is 1. The van der Waals surface area contributed by atoms with Crippen LogP contribution in [0.1, 0.15) is 44.9 Å². The Morgan fingerprint density at radius 2 is 1.94 bits per heavy atom. The van der Waals surface area contributed by atoms with Gasteiger partial charge in [0.1, 0.15) is 0 Å². The molecule has 0 aliphatic heterocycles. The van der Waals surface area contributed by atoms with Gasteiger partial charge in [0.2, 0.25) is 0 Å². The van der Waals surface area contributed by atoms with Gasteiger partial charge in [-0.15, -0.1) is 0 Å². The van der Waals surface area contributed by atoms with Gasteiger partial charge in [-0.2, -0.15) is 0 Å². The maximum Gasteiger partial charge on any atom is 0.0693 e. The Morgan fingerprint density at radius 1 is 1.19 bits per heavy atom. The van der Waals surface area contributed by atoms with Crippen molar-refractivity contribution in [3.8, 4) is 0 Å². The highest BCUT2D eigenvalue weighted by Gasteiger charge is 2.34. The summed E-state index contributed by atoms with van der Waals surface area (Å²) in [6, 6.07) is 0.756. The average Bonchev–Trinajstić information content (AvgIpc) is 3.07. The van der Waals surface area contributed by atoms with Crippen LogP contribution in [0.2, 0.25) is 0 Å². The molecule has 2 saturated carbocycles. The number of aliphatic hydroxyl groups excluding tert-OH is 1. The van der Waals surface area contributed by atoms with E-state index in [9.17, 15) is 5.11 Å². The molecule has 2 aliphatic rings. The van der Waals surface area contributed by atoms with Gasteiger partial charge in [-0.05, 0) is 31.6 Å². The Hall–Kier alpha value is -0.120. The second-order valence-corrected chi connectivity index (χ2v) is 5.38. The Balaban J connectivity index is 1.84. The molecule has 3 heteroatoms. The first-order chi connectivity index (χ1) is 7.81. The molecule has 0 saturated heterocycles. The SMILES string of the molecule is COCC(NC1CCCCCC1O)C1CC1. The standard InChI is InChI=1S/C13H25NO2/c1-16-9-12(10-7-8-10)14-11-5-3-2-4-6-13(11)15/h10-15H,2-9H2,1H3. The van der Waals surface area contributed by atoms with Gasteiger partial charge in [-0.1, -0.05) is 19.3 Å². The smallest absolute Gasteiger partial charge is 0.0693 e. The van der Waals surface area contributed by atoms with E-state index in [1.807, 2.05) is 0 Å². The Morgan fingerprint density at radius 3 is 2.62 bits per heavy atom. The van der Waals surface area contributed by atoms with Crippen LogP contribution < -0.4 is 5.32 Å². The zero-order chi connectivity index (χ0) is 11.4. The van der Waals surface area contributed by atoms with Gasteiger partial charge in [0.15, 0.2) is 0 Å². The van der Waals surface area contributed by atoms with Crippen LogP contribution in [-0.4, -0.2) is 37.0 Å². The first kappa shape index (κ1) is 12.3. The molecule has 16 heavy (non-hydrogen) atoms. The normalized spacial score (nSPS) is 33.4. The van der Waals surface area contributed by atoms with Crippen LogP contribution in [0.15, 0.2) is 0 Å². The molecule has 3 atom stereocenters. The monoisotopic (exact) mass is 227 g/mol. The molecule has 0 aromatic rings. The van der Waals surface area contributed by atoms with Crippen LogP contribution in [0.25, 0.3) is 0 Å². The highest BCUT2D eigenvalue weighted by Crippen LogP contribution is 2.33. The molecule has 3 unspecified atom stereocenters. The molecule has 2 fully saturated rings. The van der Waals surface area contributed by atoms with Crippen molar-refractivity contribution in [2.24, 2.45) is 5.92 Å². The van der Waals surface area contributed by atoms with Crippen LogP contribution in [0.4, 0.5) is 0 Å². The number of methoxy groups -OCH3 is 1. The molecule has 0 heterocycles. The van der Waals surface area contributed by atoms with Crippen molar-refractivity contribution in [3.63, 3.8) is 0 Å². The van der Waals surface area contributed by atoms with E-state index in [1.165, 1.54) is 32.1 Å². The average molecular weight is 227 g/mol. The van der Waals surface area contributed by atoms with Crippen LogP contribution >= 0.6 is 0 Å². The summed E-state index contributed by atoms with van der Waals surface area (Å²) in [6.07, 6.45) is 8.27. The van der Waals surface area contributed by atoms with Crippen molar-refractivity contribution in [1.82, 2.24) is 5.32 Å².